The maximum Gasteiger partial charge on any atom is 0.205 e. The third kappa shape index (κ3) is 3.03. The molecule has 5 nitrogen and oxygen atoms in total. The molecule has 0 radical (unpaired) electrons. The molecular formula is C13H24N4O. The second-order valence-corrected chi connectivity index (χ2v) is 5.40. The lowest BCUT2D eigenvalue weighted by molar-refractivity contribution is 0.0457. The number of aryl methyl sites for hydroxylation is 1. The van der Waals surface area contributed by atoms with Crippen LogP contribution in [0.3, 0.4) is 0 Å². The number of hydrogen-bond acceptors (Lipinski definition) is 4. The summed E-state index contributed by atoms with van der Waals surface area (Å²) >= 11 is 0. The summed E-state index contributed by atoms with van der Waals surface area (Å²) in [6.07, 6.45) is 2.26. The monoisotopic (exact) mass is 252 g/mol. The first kappa shape index (κ1) is 13.4. The third-order valence-corrected chi connectivity index (χ3v) is 3.12. The molecule has 18 heavy (non-hydrogen) atoms. The van der Waals surface area contributed by atoms with Gasteiger partial charge in [-0.25, -0.2) is 4.98 Å². The van der Waals surface area contributed by atoms with Crippen molar-refractivity contribution in [2.75, 3.05) is 31.1 Å². The van der Waals surface area contributed by atoms with E-state index in [1.54, 1.807) is 0 Å². The highest BCUT2D eigenvalue weighted by Gasteiger charge is 2.23. The van der Waals surface area contributed by atoms with Gasteiger partial charge < -0.3 is 19.9 Å². The van der Waals surface area contributed by atoms with Crippen molar-refractivity contribution in [2.45, 2.75) is 33.4 Å². The Labute approximate surface area is 109 Å². The fourth-order valence-corrected chi connectivity index (χ4v) is 2.36. The van der Waals surface area contributed by atoms with Gasteiger partial charge in [0.2, 0.25) is 5.95 Å². The number of aromatic nitrogens is 2. The first-order chi connectivity index (χ1) is 8.60. The average molecular weight is 252 g/mol. The maximum atomic E-state index is 5.69. The second-order valence-electron chi connectivity index (χ2n) is 5.40. The van der Waals surface area contributed by atoms with Crippen LogP contribution in [0.5, 0.6) is 0 Å². The normalized spacial score (nSPS) is 20.7. The summed E-state index contributed by atoms with van der Waals surface area (Å²) in [5.74, 6) is 1.67. The number of ether oxygens (including phenoxy) is 1. The molecule has 1 unspecified atom stereocenters. The molecule has 0 spiro atoms. The predicted molar refractivity (Wildman–Crippen MR) is 72.8 cm³/mol. The van der Waals surface area contributed by atoms with Crippen molar-refractivity contribution in [3.63, 3.8) is 0 Å². The van der Waals surface area contributed by atoms with Gasteiger partial charge in [-0.3, -0.25) is 0 Å². The topological polar surface area (TPSA) is 56.3 Å². The zero-order valence-electron chi connectivity index (χ0n) is 11.6. The van der Waals surface area contributed by atoms with Gasteiger partial charge >= 0.3 is 0 Å². The minimum atomic E-state index is 0.128. The van der Waals surface area contributed by atoms with E-state index in [2.05, 4.69) is 34.5 Å². The summed E-state index contributed by atoms with van der Waals surface area (Å²) in [5.41, 5.74) is 6.76. The van der Waals surface area contributed by atoms with Crippen LogP contribution in [0.4, 0.5) is 5.95 Å². The predicted octanol–water partition coefficient (Wildman–Crippen LogP) is 1.01. The molecular weight excluding hydrogens is 228 g/mol. The summed E-state index contributed by atoms with van der Waals surface area (Å²) in [5, 5.41) is 0. The molecule has 102 valence electrons. The highest BCUT2D eigenvalue weighted by atomic mass is 16.5. The van der Waals surface area contributed by atoms with Gasteiger partial charge in [0.1, 0.15) is 0 Å². The van der Waals surface area contributed by atoms with Crippen LogP contribution in [-0.2, 0) is 11.3 Å². The Bertz CT molecular complexity index is 388. The molecule has 0 amide bonds. The summed E-state index contributed by atoms with van der Waals surface area (Å²) in [7, 11) is 0. The Morgan fingerprint density at radius 3 is 3.00 bits per heavy atom. The lowest BCUT2D eigenvalue weighted by atomic mass is 10.2. The van der Waals surface area contributed by atoms with Crippen LogP contribution in [0.1, 0.15) is 19.5 Å². The van der Waals surface area contributed by atoms with Crippen molar-refractivity contribution in [1.29, 1.82) is 0 Å². The van der Waals surface area contributed by atoms with Crippen LogP contribution >= 0.6 is 0 Å². The largest absolute Gasteiger partial charge is 0.373 e. The van der Waals surface area contributed by atoms with Crippen molar-refractivity contribution in [3.8, 4) is 0 Å². The molecule has 1 saturated heterocycles. The van der Waals surface area contributed by atoms with Crippen LogP contribution in [0, 0.1) is 12.8 Å². The average Bonchev–Trinajstić information content (AvgIpc) is 2.69. The molecule has 1 aromatic rings. The molecule has 1 aliphatic rings. The van der Waals surface area contributed by atoms with Gasteiger partial charge in [-0.2, -0.15) is 0 Å². The van der Waals surface area contributed by atoms with E-state index in [4.69, 9.17) is 10.5 Å². The first-order valence-corrected chi connectivity index (χ1v) is 6.70. The van der Waals surface area contributed by atoms with Gasteiger partial charge in [-0.15, -0.1) is 0 Å². The van der Waals surface area contributed by atoms with Crippen molar-refractivity contribution < 1.29 is 4.74 Å². The van der Waals surface area contributed by atoms with Crippen LogP contribution in [0.25, 0.3) is 0 Å². The highest BCUT2D eigenvalue weighted by Crippen LogP contribution is 2.19. The van der Waals surface area contributed by atoms with Gasteiger partial charge in [-0.05, 0) is 12.8 Å². The van der Waals surface area contributed by atoms with Crippen molar-refractivity contribution in [3.05, 3.63) is 11.9 Å². The van der Waals surface area contributed by atoms with E-state index in [-0.39, 0.29) is 6.10 Å². The number of rotatable bonds is 4. The molecule has 2 heterocycles. The third-order valence-electron chi connectivity index (χ3n) is 3.12. The fraction of sp³-hybridized carbons (Fsp3) is 0.769. The number of morpholine rings is 1. The quantitative estimate of drug-likeness (QED) is 0.869. The lowest BCUT2D eigenvalue weighted by Crippen LogP contribution is -2.46. The Morgan fingerprint density at radius 2 is 2.33 bits per heavy atom. The summed E-state index contributed by atoms with van der Waals surface area (Å²) in [4.78, 5) is 6.94. The molecule has 5 heteroatoms. The number of anilines is 1. The Kier molecular flexibility index (Phi) is 4.24. The van der Waals surface area contributed by atoms with Crippen molar-refractivity contribution in [2.24, 2.45) is 11.7 Å². The molecule has 0 saturated carbocycles. The summed E-state index contributed by atoms with van der Waals surface area (Å²) < 4.78 is 7.85. The van der Waals surface area contributed by atoms with Gasteiger partial charge in [0.05, 0.1) is 18.4 Å². The number of imidazole rings is 1. The van der Waals surface area contributed by atoms with Crippen LogP contribution < -0.4 is 10.6 Å². The van der Waals surface area contributed by atoms with E-state index in [1.165, 1.54) is 0 Å². The second kappa shape index (κ2) is 5.71. The first-order valence-electron chi connectivity index (χ1n) is 6.70. The zero-order valence-corrected chi connectivity index (χ0v) is 11.6. The smallest absolute Gasteiger partial charge is 0.205 e. The summed E-state index contributed by atoms with van der Waals surface area (Å²) in [6.45, 7) is 10.5. The highest BCUT2D eigenvalue weighted by molar-refractivity contribution is 5.34. The van der Waals surface area contributed by atoms with Crippen LogP contribution in [0.2, 0.25) is 0 Å². The Hall–Kier alpha value is -1.07. The number of nitrogens with zero attached hydrogens (tertiary/aromatic N) is 3. The van der Waals surface area contributed by atoms with Crippen molar-refractivity contribution >= 4 is 5.95 Å². The molecule has 0 aliphatic carbocycles. The van der Waals surface area contributed by atoms with Gasteiger partial charge in [0, 0.05) is 32.4 Å². The van der Waals surface area contributed by atoms with Crippen LogP contribution in [-0.4, -0.2) is 41.9 Å². The molecule has 1 atom stereocenters. The minimum absolute atomic E-state index is 0.128. The standard InChI is InChI=1S/C13H24N4O/c1-10(2)7-17-8-11(3)15-13(17)16-4-5-18-12(6-14)9-16/h8,10,12H,4-7,9,14H2,1-3H3. The van der Waals surface area contributed by atoms with E-state index < -0.39 is 0 Å². The van der Waals surface area contributed by atoms with E-state index >= 15 is 0 Å². The number of nitrogens with two attached hydrogens (primary N) is 1. The van der Waals surface area contributed by atoms with E-state index in [0.717, 1.165) is 37.9 Å². The molecule has 0 bridgehead atoms. The maximum absolute atomic E-state index is 5.69. The Balaban J connectivity index is 2.15. The van der Waals surface area contributed by atoms with Crippen LogP contribution in [0.15, 0.2) is 6.20 Å². The van der Waals surface area contributed by atoms with Gasteiger partial charge in [-0.1, -0.05) is 13.8 Å². The van der Waals surface area contributed by atoms with Gasteiger partial charge in [0.25, 0.3) is 0 Å². The SMILES string of the molecule is Cc1cn(CC(C)C)c(N2CCOC(CN)C2)n1. The molecule has 1 aromatic heterocycles. The molecule has 1 aliphatic heterocycles. The van der Waals surface area contributed by atoms with Gasteiger partial charge in [0.15, 0.2) is 0 Å². The lowest BCUT2D eigenvalue weighted by Gasteiger charge is -2.33. The fourth-order valence-electron chi connectivity index (χ4n) is 2.36. The van der Waals surface area contributed by atoms with E-state index in [0.29, 0.717) is 12.5 Å². The molecule has 0 aromatic carbocycles. The van der Waals surface area contributed by atoms with E-state index in [9.17, 15) is 0 Å². The molecule has 1 fully saturated rings. The van der Waals surface area contributed by atoms with Crippen molar-refractivity contribution in [1.82, 2.24) is 9.55 Å². The minimum Gasteiger partial charge on any atom is -0.373 e. The number of hydrogen-bond donors (Lipinski definition) is 1. The molecule has 2 N–H and O–H groups in total. The van der Waals surface area contributed by atoms with E-state index in [1.807, 2.05) is 6.92 Å². The molecule has 2 rings (SSSR count). The zero-order chi connectivity index (χ0) is 13.1. The Morgan fingerprint density at radius 1 is 1.56 bits per heavy atom. The summed E-state index contributed by atoms with van der Waals surface area (Å²) in [6, 6.07) is 0.